The molecule has 1 atom stereocenters. The van der Waals surface area contributed by atoms with E-state index in [2.05, 4.69) is 15.2 Å². The zero-order valence-corrected chi connectivity index (χ0v) is 18.8. The lowest BCUT2D eigenvalue weighted by molar-refractivity contribution is 0.0744. The molecule has 0 saturated heterocycles. The largest absolute Gasteiger partial charge is 0.463 e. The molecule has 4 aromatic heterocycles. The second-order valence-electron chi connectivity index (χ2n) is 7.96. The van der Waals surface area contributed by atoms with Gasteiger partial charge in [0.2, 0.25) is 0 Å². The van der Waals surface area contributed by atoms with Crippen LogP contribution >= 0.6 is 0 Å². The number of aromatic nitrogens is 6. The molecule has 9 heteroatoms. The molecule has 0 saturated carbocycles. The summed E-state index contributed by atoms with van der Waals surface area (Å²) in [6, 6.07) is 13.2. The van der Waals surface area contributed by atoms with Gasteiger partial charge in [-0.15, -0.1) is 0 Å². The normalized spacial score (nSPS) is 12.2. The number of benzene rings is 1. The van der Waals surface area contributed by atoms with Gasteiger partial charge in [-0.3, -0.25) is 9.48 Å². The topological polar surface area (TPSA) is 94.9 Å². The molecule has 33 heavy (non-hydrogen) atoms. The first-order chi connectivity index (χ1) is 15.9. The van der Waals surface area contributed by atoms with Crippen molar-refractivity contribution in [2.45, 2.75) is 19.9 Å². The highest BCUT2D eigenvalue weighted by Crippen LogP contribution is 2.30. The average Bonchev–Trinajstić information content (AvgIpc) is 3.60. The number of furan rings is 1. The summed E-state index contributed by atoms with van der Waals surface area (Å²) in [5.41, 5.74) is 4.45. The molecule has 0 aliphatic rings. The molecule has 4 heterocycles. The molecule has 5 rings (SSSR count). The van der Waals surface area contributed by atoms with Gasteiger partial charge in [-0.2, -0.15) is 10.2 Å². The van der Waals surface area contributed by atoms with Crippen LogP contribution in [0.4, 0.5) is 0 Å². The zero-order valence-electron chi connectivity index (χ0n) is 18.8. The van der Waals surface area contributed by atoms with Crippen molar-refractivity contribution in [3.05, 3.63) is 78.2 Å². The molecule has 0 fully saturated rings. The number of hydrogen-bond donors (Lipinski definition) is 0. The van der Waals surface area contributed by atoms with E-state index < -0.39 is 0 Å². The van der Waals surface area contributed by atoms with Crippen LogP contribution in [-0.2, 0) is 7.05 Å². The summed E-state index contributed by atoms with van der Waals surface area (Å²) in [5, 5.41) is 9.39. The first-order valence-electron chi connectivity index (χ1n) is 10.5. The van der Waals surface area contributed by atoms with E-state index in [0.717, 1.165) is 22.3 Å². The van der Waals surface area contributed by atoms with E-state index in [1.54, 1.807) is 39.0 Å². The first-order valence-corrected chi connectivity index (χ1v) is 10.5. The van der Waals surface area contributed by atoms with Gasteiger partial charge in [-0.05, 0) is 49.7 Å². The molecule has 0 N–H and O–H groups in total. The van der Waals surface area contributed by atoms with Crippen LogP contribution in [0, 0.1) is 6.92 Å². The van der Waals surface area contributed by atoms with E-state index in [4.69, 9.17) is 9.40 Å². The summed E-state index contributed by atoms with van der Waals surface area (Å²) in [7, 11) is 3.63. The first kappa shape index (κ1) is 20.6. The van der Waals surface area contributed by atoms with Crippen LogP contribution in [0.2, 0.25) is 0 Å². The van der Waals surface area contributed by atoms with Crippen molar-refractivity contribution in [1.29, 1.82) is 0 Å². The van der Waals surface area contributed by atoms with Crippen LogP contribution in [0.3, 0.4) is 0 Å². The van der Waals surface area contributed by atoms with Crippen molar-refractivity contribution in [3.8, 4) is 17.1 Å². The second-order valence-corrected chi connectivity index (χ2v) is 7.96. The van der Waals surface area contributed by atoms with Crippen molar-refractivity contribution in [2.75, 3.05) is 7.05 Å². The molecule has 1 aromatic carbocycles. The third-order valence-corrected chi connectivity index (χ3v) is 5.93. The number of carbonyl (C=O) groups is 1. The van der Waals surface area contributed by atoms with Gasteiger partial charge in [0.25, 0.3) is 5.91 Å². The summed E-state index contributed by atoms with van der Waals surface area (Å²) >= 11 is 0. The maximum absolute atomic E-state index is 13.7. The van der Waals surface area contributed by atoms with Crippen molar-refractivity contribution in [2.24, 2.45) is 7.05 Å². The summed E-state index contributed by atoms with van der Waals surface area (Å²) in [6.07, 6.45) is 4.74. The third-order valence-electron chi connectivity index (χ3n) is 5.93. The predicted octanol–water partition coefficient (Wildman–Crippen LogP) is 3.95. The molecule has 1 amide bonds. The number of nitrogens with zero attached hydrogens (tertiary/aromatic N) is 7. The minimum absolute atomic E-state index is 0.112. The molecular weight excluding hydrogens is 418 g/mol. The van der Waals surface area contributed by atoms with Crippen molar-refractivity contribution in [3.63, 3.8) is 0 Å². The van der Waals surface area contributed by atoms with E-state index in [1.807, 2.05) is 58.3 Å². The highest BCUT2D eigenvalue weighted by Gasteiger charge is 2.25. The van der Waals surface area contributed by atoms with E-state index in [9.17, 15) is 4.79 Å². The van der Waals surface area contributed by atoms with Gasteiger partial charge in [0.1, 0.15) is 18.3 Å². The maximum atomic E-state index is 13.7. The lowest BCUT2D eigenvalue weighted by atomic mass is 10.0. The minimum Gasteiger partial charge on any atom is -0.463 e. The maximum Gasteiger partial charge on any atom is 0.254 e. The molecule has 0 aliphatic heterocycles. The molecule has 5 aromatic rings. The SMILES string of the molecule is Cc1nn(C)c2nc(-c3ccco3)cc(C(=O)N(C)C(C)c3ccc(-n4cncn4)cc3)c12. The van der Waals surface area contributed by atoms with Gasteiger partial charge in [0.15, 0.2) is 11.4 Å². The molecule has 0 bridgehead atoms. The van der Waals surface area contributed by atoms with Crippen molar-refractivity contribution in [1.82, 2.24) is 34.4 Å². The highest BCUT2D eigenvalue weighted by molar-refractivity contribution is 6.07. The number of aryl methyl sites for hydroxylation is 2. The monoisotopic (exact) mass is 441 g/mol. The fourth-order valence-electron chi connectivity index (χ4n) is 4.00. The fraction of sp³-hybridized carbons (Fsp3) is 0.208. The standard InChI is InChI=1S/C24H23N7O2/c1-15-22-19(12-20(21-6-5-11-33-21)27-23(22)30(4)28-15)24(32)29(3)16(2)17-7-9-18(10-8-17)31-14-25-13-26-31/h5-14,16H,1-4H3. The van der Waals surface area contributed by atoms with Crippen LogP contribution in [-0.4, -0.2) is 47.4 Å². The van der Waals surface area contributed by atoms with Gasteiger partial charge in [-0.1, -0.05) is 12.1 Å². The quantitative estimate of drug-likeness (QED) is 0.410. The Morgan fingerprint density at radius 1 is 1.18 bits per heavy atom. The predicted molar refractivity (Wildman–Crippen MR) is 123 cm³/mol. The smallest absolute Gasteiger partial charge is 0.254 e. The summed E-state index contributed by atoms with van der Waals surface area (Å²) < 4.78 is 8.93. The van der Waals surface area contributed by atoms with Crippen LogP contribution in [0.15, 0.2) is 65.8 Å². The molecule has 166 valence electrons. The molecule has 0 radical (unpaired) electrons. The van der Waals surface area contributed by atoms with Crippen LogP contribution in [0.25, 0.3) is 28.2 Å². The highest BCUT2D eigenvalue weighted by atomic mass is 16.3. The van der Waals surface area contributed by atoms with Crippen molar-refractivity contribution >= 4 is 16.9 Å². The molecular formula is C24H23N7O2. The fourth-order valence-corrected chi connectivity index (χ4v) is 4.00. The molecule has 0 spiro atoms. The molecule has 1 unspecified atom stereocenters. The number of rotatable bonds is 5. The Bertz CT molecular complexity index is 1420. The van der Waals surface area contributed by atoms with E-state index in [-0.39, 0.29) is 11.9 Å². The van der Waals surface area contributed by atoms with Crippen LogP contribution in [0.1, 0.15) is 34.6 Å². The molecule has 0 aliphatic carbocycles. The van der Waals surface area contributed by atoms with Gasteiger partial charge >= 0.3 is 0 Å². The average molecular weight is 441 g/mol. The lowest BCUT2D eigenvalue weighted by Crippen LogP contribution is -2.30. The Morgan fingerprint density at radius 2 is 1.97 bits per heavy atom. The zero-order chi connectivity index (χ0) is 23.1. The number of amides is 1. The van der Waals surface area contributed by atoms with Gasteiger partial charge in [0, 0.05) is 14.1 Å². The number of carbonyl (C=O) groups excluding carboxylic acids is 1. The Balaban J connectivity index is 1.51. The summed E-state index contributed by atoms with van der Waals surface area (Å²) in [6.45, 7) is 3.89. The minimum atomic E-state index is -0.158. The Kier molecular flexibility index (Phi) is 5.01. The van der Waals surface area contributed by atoms with E-state index in [1.165, 1.54) is 6.33 Å². The Morgan fingerprint density at radius 3 is 2.64 bits per heavy atom. The van der Waals surface area contributed by atoms with E-state index >= 15 is 0 Å². The van der Waals surface area contributed by atoms with Gasteiger partial charge in [-0.25, -0.2) is 14.6 Å². The van der Waals surface area contributed by atoms with Gasteiger partial charge < -0.3 is 9.32 Å². The number of pyridine rings is 1. The van der Waals surface area contributed by atoms with Crippen LogP contribution in [0.5, 0.6) is 0 Å². The van der Waals surface area contributed by atoms with E-state index in [0.29, 0.717) is 22.7 Å². The summed E-state index contributed by atoms with van der Waals surface area (Å²) in [4.78, 5) is 24.1. The number of hydrogen-bond acceptors (Lipinski definition) is 6. The van der Waals surface area contributed by atoms with Crippen molar-refractivity contribution < 1.29 is 9.21 Å². The second kappa shape index (κ2) is 8.01. The summed E-state index contributed by atoms with van der Waals surface area (Å²) in [5.74, 6) is 0.489. The Hall–Kier alpha value is -4.27. The lowest BCUT2D eigenvalue weighted by Gasteiger charge is -2.26. The number of fused-ring (bicyclic) bond motifs is 1. The van der Waals surface area contributed by atoms with Gasteiger partial charge in [0.05, 0.1) is 34.6 Å². The molecule has 9 nitrogen and oxygen atoms in total. The third kappa shape index (κ3) is 3.57. The van der Waals surface area contributed by atoms with Crippen LogP contribution < -0.4 is 0 Å². The Labute approximate surface area is 190 Å².